The van der Waals surface area contributed by atoms with E-state index in [0.717, 1.165) is 27.8 Å². The van der Waals surface area contributed by atoms with Gasteiger partial charge in [0.15, 0.2) is 6.29 Å². The maximum Gasteiger partial charge on any atom is 0.305 e. The molecule has 0 aromatic heterocycles. The van der Waals surface area contributed by atoms with Crippen LogP contribution in [0, 0.1) is 0 Å². The molecule has 0 radical (unpaired) electrons. The molecule has 1 aliphatic heterocycles. The van der Waals surface area contributed by atoms with Gasteiger partial charge in [0, 0.05) is 6.42 Å². The van der Waals surface area contributed by atoms with Gasteiger partial charge >= 0.3 is 5.97 Å². The second-order valence-electron chi connectivity index (χ2n) is 12.7. The quantitative estimate of drug-likeness (QED) is 0.0617. The Balaban J connectivity index is 1.34. The van der Waals surface area contributed by atoms with E-state index in [-0.39, 0.29) is 38.8 Å². The summed E-state index contributed by atoms with van der Waals surface area (Å²) >= 11 is 0. The standard InChI is InChI=1S/C44H46O8/c1-47-39(45)28-17-29-48-43-42(50-31-34-20-9-3-10-21-34)40(46)41(49-30-33-18-7-2-8-19-33)38(52-43)32-51-44(35-22-11-4-12-23-35,36-24-13-5-14-25-36)37-26-15-6-16-27-37/h2-16,18-27,38,40-43,46H,17,28-32H2,1H3. The zero-order valence-corrected chi connectivity index (χ0v) is 29.4. The number of hydrogen-bond donors (Lipinski definition) is 1. The van der Waals surface area contributed by atoms with Gasteiger partial charge in [0.25, 0.3) is 0 Å². The Morgan fingerprint density at radius 2 is 1.08 bits per heavy atom. The number of carbonyl (C=O) groups is 1. The highest BCUT2D eigenvalue weighted by Crippen LogP contribution is 2.41. The maximum absolute atomic E-state index is 12.1. The van der Waals surface area contributed by atoms with Crippen LogP contribution in [0.3, 0.4) is 0 Å². The van der Waals surface area contributed by atoms with E-state index >= 15 is 0 Å². The molecule has 1 fully saturated rings. The smallest absolute Gasteiger partial charge is 0.305 e. The molecule has 1 N–H and O–H groups in total. The van der Waals surface area contributed by atoms with Crippen LogP contribution in [0.4, 0.5) is 0 Å². The second kappa shape index (κ2) is 18.7. The van der Waals surface area contributed by atoms with E-state index in [1.807, 2.05) is 115 Å². The molecule has 5 aromatic carbocycles. The Morgan fingerprint density at radius 1 is 0.635 bits per heavy atom. The molecule has 5 unspecified atom stereocenters. The van der Waals surface area contributed by atoms with E-state index in [1.165, 1.54) is 7.11 Å². The molecule has 52 heavy (non-hydrogen) atoms. The van der Waals surface area contributed by atoms with Gasteiger partial charge in [0.1, 0.15) is 30.0 Å². The average molecular weight is 703 g/mol. The van der Waals surface area contributed by atoms with Crippen LogP contribution in [0.2, 0.25) is 0 Å². The largest absolute Gasteiger partial charge is 0.469 e. The Labute approximate surface area is 305 Å². The molecule has 1 aliphatic rings. The molecule has 270 valence electrons. The van der Waals surface area contributed by atoms with Crippen molar-refractivity contribution in [2.75, 3.05) is 20.3 Å². The van der Waals surface area contributed by atoms with Gasteiger partial charge < -0.3 is 33.5 Å². The fourth-order valence-electron chi connectivity index (χ4n) is 6.57. The van der Waals surface area contributed by atoms with Crippen LogP contribution < -0.4 is 0 Å². The summed E-state index contributed by atoms with van der Waals surface area (Å²) in [5.41, 5.74) is 3.66. The number of rotatable bonds is 17. The lowest BCUT2D eigenvalue weighted by molar-refractivity contribution is -0.322. The van der Waals surface area contributed by atoms with Crippen molar-refractivity contribution in [2.24, 2.45) is 0 Å². The van der Waals surface area contributed by atoms with Crippen molar-refractivity contribution in [3.63, 3.8) is 0 Å². The van der Waals surface area contributed by atoms with Crippen LogP contribution in [-0.4, -0.2) is 62.1 Å². The third-order valence-electron chi connectivity index (χ3n) is 9.23. The highest BCUT2D eigenvalue weighted by Gasteiger charge is 2.49. The topological polar surface area (TPSA) is 92.7 Å². The molecule has 0 bridgehead atoms. The third kappa shape index (κ3) is 9.21. The summed E-state index contributed by atoms with van der Waals surface area (Å²) in [7, 11) is 1.36. The first-order chi connectivity index (χ1) is 25.6. The summed E-state index contributed by atoms with van der Waals surface area (Å²) in [6.07, 6.45) is -4.09. The monoisotopic (exact) mass is 702 g/mol. The molecule has 6 rings (SSSR count). The van der Waals surface area contributed by atoms with Crippen LogP contribution in [-0.2, 0) is 52.0 Å². The summed E-state index contributed by atoms with van der Waals surface area (Å²) < 4.78 is 37.8. The molecule has 1 heterocycles. The van der Waals surface area contributed by atoms with Crippen LogP contribution in [0.15, 0.2) is 152 Å². The van der Waals surface area contributed by atoms with Crippen LogP contribution in [0.1, 0.15) is 40.7 Å². The maximum atomic E-state index is 12.1. The molecular weight excluding hydrogens is 656 g/mol. The van der Waals surface area contributed by atoms with Gasteiger partial charge in [0.05, 0.1) is 33.5 Å². The SMILES string of the molecule is COC(=O)CCCOC1OC(COC(c2ccccc2)(c2ccccc2)c2ccccc2)C(OCc2ccccc2)C(O)C1OCc1ccccc1. The lowest BCUT2D eigenvalue weighted by Crippen LogP contribution is -2.61. The minimum atomic E-state index is -1.15. The zero-order chi connectivity index (χ0) is 36.0. The summed E-state index contributed by atoms with van der Waals surface area (Å²) in [5, 5.41) is 12.1. The van der Waals surface area contributed by atoms with Gasteiger partial charge in [0.2, 0.25) is 0 Å². The van der Waals surface area contributed by atoms with Crippen molar-refractivity contribution >= 4 is 5.97 Å². The van der Waals surface area contributed by atoms with Crippen molar-refractivity contribution in [1.82, 2.24) is 0 Å². The number of aliphatic hydroxyl groups excluding tert-OH is 1. The van der Waals surface area contributed by atoms with E-state index in [9.17, 15) is 9.90 Å². The van der Waals surface area contributed by atoms with Gasteiger partial charge in [-0.25, -0.2) is 0 Å². The predicted octanol–water partition coefficient (Wildman–Crippen LogP) is 7.22. The highest BCUT2D eigenvalue weighted by atomic mass is 16.7. The number of carbonyl (C=O) groups excluding carboxylic acids is 1. The molecule has 8 nitrogen and oxygen atoms in total. The highest BCUT2D eigenvalue weighted by molar-refractivity contribution is 5.69. The first kappa shape index (κ1) is 37.1. The summed E-state index contributed by atoms with van der Waals surface area (Å²) in [6.45, 7) is 0.671. The second-order valence-corrected chi connectivity index (χ2v) is 12.7. The number of ether oxygens (including phenoxy) is 6. The lowest BCUT2D eigenvalue weighted by atomic mass is 9.80. The fraction of sp³-hybridized carbons (Fsp3) is 0.295. The molecule has 5 aromatic rings. The van der Waals surface area contributed by atoms with Gasteiger partial charge in [-0.2, -0.15) is 0 Å². The fourth-order valence-corrected chi connectivity index (χ4v) is 6.57. The molecule has 8 heteroatoms. The van der Waals surface area contributed by atoms with E-state index in [4.69, 9.17) is 28.4 Å². The minimum absolute atomic E-state index is 0.0304. The Bertz CT molecular complexity index is 1660. The first-order valence-corrected chi connectivity index (χ1v) is 17.7. The summed E-state index contributed by atoms with van der Waals surface area (Å²) in [6, 6.07) is 49.8. The first-order valence-electron chi connectivity index (χ1n) is 17.7. The van der Waals surface area contributed by atoms with Crippen LogP contribution in [0.5, 0.6) is 0 Å². The van der Waals surface area contributed by atoms with Crippen molar-refractivity contribution in [3.05, 3.63) is 179 Å². The van der Waals surface area contributed by atoms with Crippen molar-refractivity contribution in [3.8, 4) is 0 Å². The minimum Gasteiger partial charge on any atom is -0.469 e. The van der Waals surface area contributed by atoms with Crippen molar-refractivity contribution < 1.29 is 38.3 Å². The molecule has 5 atom stereocenters. The van der Waals surface area contributed by atoms with E-state index in [2.05, 4.69) is 36.4 Å². The molecule has 0 amide bonds. The molecular formula is C44H46O8. The molecule has 0 saturated carbocycles. The molecule has 0 aliphatic carbocycles. The zero-order valence-electron chi connectivity index (χ0n) is 29.4. The normalized spacial score (nSPS) is 20.3. The number of esters is 1. The third-order valence-corrected chi connectivity index (χ3v) is 9.23. The van der Waals surface area contributed by atoms with Crippen LogP contribution >= 0.6 is 0 Å². The van der Waals surface area contributed by atoms with Gasteiger partial charge in [-0.1, -0.05) is 152 Å². The number of hydrogen-bond acceptors (Lipinski definition) is 8. The van der Waals surface area contributed by atoms with Crippen molar-refractivity contribution in [1.29, 1.82) is 0 Å². The Kier molecular flexibility index (Phi) is 13.3. The lowest BCUT2D eigenvalue weighted by Gasteiger charge is -2.45. The van der Waals surface area contributed by atoms with Gasteiger partial charge in [-0.3, -0.25) is 4.79 Å². The Morgan fingerprint density at radius 3 is 1.54 bits per heavy atom. The van der Waals surface area contributed by atoms with Crippen LogP contribution in [0.25, 0.3) is 0 Å². The van der Waals surface area contributed by atoms with E-state index < -0.39 is 36.3 Å². The Hall–Kier alpha value is -4.67. The van der Waals surface area contributed by atoms with Crippen molar-refractivity contribution in [2.45, 2.75) is 62.4 Å². The van der Waals surface area contributed by atoms with Gasteiger partial charge in [-0.05, 0) is 34.2 Å². The summed E-state index contributed by atoms with van der Waals surface area (Å²) in [5.74, 6) is -0.329. The molecule has 0 spiro atoms. The predicted molar refractivity (Wildman–Crippen MR) is 197 cm³/mol. The summed E-state index contributed by atoms with van der Waals surface area (Å²) in [4.78, 5) is 11.8. The number of benzene rings is 5. The number of methoxy groups -OCH3 is 1. The molecule has 1 saturated heterocycles. The average Bonchev–Trinajstić information content (AvgIpc) is 3.21. The number of aliphatic hydroxyl groups is 1. The van der Waals surface area contributed by atoms with E-state index in [1.54, 1.807) is 0 Å². The van der Waals surface area contributed by atoms with Gasteiger partial charge in [-0.15, -0.1) is 0 Å². The van der Waals surface area contributed by atoms with E-state index in [0.29, 0.717) is 6.42 Å².